The number of halogens is 1. The van der Waals surface area contributed by atoms with Crippen molar-refractivity contribution in [3.63, 3.8) is 0 Å². The highest BCUT2D eigenvalue weighted by molar-refractivity contribution is 14.1. The van der Waals surface area contributed by atoms with Crippen molar-refractivity contribution < 1.29 is 14.3 Å². The molecule has 1 atom stereocenters. The van der Waals surface area contributed by atoms with E-state index in [4.69, 9.17) is 4.74 Å². The van der Waals surface area contributed by atoms with Gasteiger partial charge < -0.3 is 9.47 Å². The summed E-state index contributed by atoms with van der Waals surface area (Å²) in [5.74, 6) is -0.207. The quantitative estimate of drug-likeness (QED) is 0.597. The van der Waals surface area contributed by atoms with Crippen molar-refractivity contribution in [2.75, 3.05) is 26.8 Å². The number of nitrogens with zero attached hydrogens (tertiary/aromatic N) is 1. The summed E-state index contributed by atoms with van der Waals surface area (Å²) in [6.45, 7) is 3.26. The Hall–Kier alpha value is -0.660. The molecule has 0 N–H and O–H groups in total. The predicted octanol–water partition coefficient (Wildman–Crippen LogP) is 2.06. The number of hydrogen-bond acceptors (Lipinski definition) is 4. The number of ether oxygens (including phenoxy) is 2. The molecule has 19 heavy (non-hydrogen) atoms. The maximum atomic E-state index is 11.3. The highest BCUT2D eigenvalue weighted by Gasteiger charge is 2.23. The van der Waals surface area contributed by atoms with Gasteiger partial charge in [0.1, 0.15) is 0 Å². The van der Waals surface area contributed by atoms with Crippen molar-refractivity contribution in [3.05, 3.63) is 33.4 Å². The lowest BCUT2D eigenvalue weighted by atomic mass is 10.1. The zero-order chi connectivity index (χ0) is 13.7. The van der Waals surface area contributed by atoms with E-state index in [1.807, 2.05) is 0 Å². The highest BCUT2D eigenvalue weighted by Crippen LogP contribution is 2.14. The number of hydrogen-bond donors (Lipinski definition) is 0. The number of carbonyl (C=O) groups is 1. The molecule has 2 rings (SSSR count). The molecule has 1 saturated heterocycles. The summed E-state index contributed by atoms with van der Waals surface area (Å²) in [5, 5.41) is 0. The molecule has 0 bridgehead atoms. The van der Waals surface area contributed by atoms with Crippen LogP contribution in [0.1, 0.15) is 12.0 Å². The summed E-state index contributed by atoms with van der Waals surface area (Å²) in [4.78, 5) is 13.6. The second-order valence-electron chi connectivity index (χ2n) is 4.63. The first kappa shape index (κ1) is 14.7. The summed E-state index contributed by atoms with van der Waals surface area (Å²) in [7, 11) is 1.41. The van der Waals surface area contributed by atoms with Gasteiger partial charge in [0, 0.05) is 23.2 Å². The SMILES string of the molecule is COC(=O)CC1CN(Cc2ccc(I)cc2)CCO1. The van der Waals surface area contributed by atoms with Crippen molar-refractivity contribution in [1.82, 2.24) is 4.90 Å². The molecular weight excluding hydrogens is 357 g/mol. The fourth-order valence-corrected chi connectivity index (χ4v) is 2.52. The van der Waals surface area contributed by atoms with Crippen LogP contribution in [-0.4, -0.2) is 43.8 Å². The predicted molar refractivity (Wildman–Crippen MR) is 80.8 cm³/mol. The average Bonchev–Trinajstić information content (AvgIpc) is 2.42. The fraction of sp³-hybridized carbons (Fsp3) is 0.500. The number of esters is 1. The van der Waals surface area contributed by atoms with Crippen LogP contribution in [0.4, 0.5) is 0 Å². The Kier molecular flexibility index (Phi) is 5.59. The van der Waals surface area contributed by atoms with E-state index in [-0.39, 0.29) is 12.1 Å². The van der Waals surface area contributed by atoms with Gasteiger partial charge in [-0.05, 0) is 40.3 Å². The van der Waals surface area contributed by atoms with Gasteiger partial charge in [-0.1, -0.05) is 12.1 Å². The van der Waals surface area contributed by atoms with Gasteiger partial charge in [0.2, 0.25) is 0 Å². The molecule has 1 aliphatic rings. The van der Waals surface area contributed by atoms with Gasteiger partial charge in [0.05, 0.1) is 26.2 Å². The molecule has 0 spiro atoms. The van der Waals surface area contributed by atoms with E-state index in [0.29, 0.717) is 13.0 Å². The van der Waals surface area contributed by atoms with Crippen LogP contribution in [-0.2, 0) is 20.8 Å². The Bertz CT molecular complexity index is 421. The summed E-state index contributed by atoms with van der Waals surface area (Å²) < 4.78 is 11.5. The van der Waals surface area contributed by atoms with Crippen molar-refractivity contribution in [3.8, 4) is 0 Å². The summed E-state index contributed by atoms with van der Waals surface area (Å²) >= 11 is 2.30. The average molecular weight is 375 g/mol. The third-order valence-corrected chi connectivity index (χ3v) is 3.88. The van der Waals surface area contributed by atoms with E-state index in [1.54, 1.807) is 0 Å². The van der Waals surface area contributed by atoms with Crippen LogP contribution in [0.2, 0.25) is 0 Å². The second-order valence-corrected chi connectivity index (χ2v) is 5.88. The zero-order valence-electron chi connectivity index (χ0n) is 11.0. The summed E-state index contributed by atoms with van der Waals surface area (Å²) in [5.41, 5.74) is 1.29. The molecule has 1 heterocycles. The number of benzene rings is 1. The van der Waals surface area contributed by atoms with Gasteiger partial charge in [0.25, 0.3) is 0 Å². The van der Waals surface area contributed by atoms with Crippen LogP contribution < -0.4 is 0 Å². The topological polar surface area (TPSA) is 38.8 Å². The molecule has 1 aliphatic heterocycles. The van der Waals surface area contributed by atoms with Crippen LogP contribution in [0.5, 0.6) is 0 Å². The molecule has 4 nitrogen and oxygen atoms in total. The fourth-order valence-electron chi connectivity index (χ4n) is 2.16. The first-order valence-corrected chi connectivity index (χ1v) is 7.40. The Balaban J connectivity index is 1.87. The largest absolute Gasteiger partial charge is 0.469 e. The van der Waals surface area contributed by atoms with Gasteiger partial charge in [-0.3, -0.25) is 9.69 Å². The lowest BCUT2D eigenvalue weighted by Crippen LogP contribution is -2.42. The second kappa shape index (κ2) is 7.21. The van der Waals surface area contributed by atoms with Gasteiger partial charge in [-0.15, -0.1) is 0 Å². The first-order valence-electron chi connectivity index (χ1n) is 6.32. The molecule has 0 aliphatic carbocycles. The van der Waals surface area contributed by atoms with Gasteiger partial charge in [-0.25, -0.2) is 0 Å². The van der Waals surface area contributed by atoms with E-state index >= 15 is 0 Å². The Morgan fingerprint density at radius 3 is 2.89 bits per heavy atom. The Labute approximate surface area is 127 Å². The van der Waals surface area contributed by atoms with Crippen molar-refractivity contribution in [2.24, 2.45) is 0 Å². The van der Waals surface area contributed by atoms with Crippen LogP contribution in [0.25, 0.3) is 0 Å². The lowest BCUT2D eigenvalue weighted by molar-refractivity contribution is -0.145. The normalized spacial score (nSPS) is 20.2. The van der Waals surface area contributed by atoms with Crippen LogP contribution in [0.3, 0.4) is 0 Å². The van der Waals surface area contributed by atoms with Gasteiger partial charge >= 0.3 is 5.97 Å². The monoisotopic (exact) mass is 375 g/mol. The van der Waals surface area contributed by atoms with Gasteiger partial charge in [0.15, 0.2) is 0 Å². The number of methoxy groups -OCH3 is 1. The molecule has 5 heteroatoms. The number of morpholine rings is 1. The first-order chi connectivity index (χ1) is 9.17. The zero-order valence-corrected chi connectivity index (χ0v) is 13.1. The van der Waals surface area contributed by atoms with E-state index in [2.05, 4.69) is 56.5 Å². The van der Waals surface area contributed by atoms with Crippen LogP contribution in [0.15, 0.2) is 24.3 Å². The molecule has 1 unspecified atom stereocenters. The smallest absolute Gasteiger partial charge is 0.308 e. The molecule has 0 aromatic heterocycles. The molecule has 0 amide bonds. The molecule has 1 aromatic rings. The van der Waals surface area contributed by atoms with Crippen molar-refractivity contribution >= 4 is 28.6 Å². The molecular formula is C14H18INO3. The third kappa shape index (κ3) is 4.74. The van der Waals surface area contributed by atoms with Gasteiger partial charge in [-0.2, -0.15) is 0 Å². The minimum Gasteiger partial charge on any atom is -0.469 e. The summed E-state index contributed by atoms with van der Waals surface area (Å²) in [6.07, 6.45) is 0.282. The molecule has 0 radical (unpaired) electrons. The maximum absolute atomic E-state index is 11.3. The number of carbonyl (C=O) groups excluding carboxylic acids is 1. The molecule has 1 aromatic carbocycles. The van der Waals surface area contributed by atoms with E-state index in [9.17, 15) is 4.79 Å². The van der Waals surface area contributed by atoms with E-state index < -0.39 is 0 Å². The van der Waals surface area contributed by atoms with Crippen molar-refractivity contribution in [1.29, 1.82) is 0 Å². The molecule has 0 saturated carbocycles. The number of rotatable bonds is 4. The van der Waals surface area contributed by atoms with E-state index in [1.165, 1.54) is 16.2 Å². The lowest BCUT2D eigenvalue weighted by Gasteiger charge is -2.32. The minimum absolute atomic E-state index is 0.0509. The molecule has 104 valence electrons. The van der Waals surface area contributed by atoms with Crippen LogP contribution >= 0.6 is 22.6 Å². The minimum atomic E-state index is -0.207. The van der Waals surface area contributed by atoms with E-state index in [0.717, 1.165) is 19.6 Å². The van der Waals surface area contributed by atoms with Crippen molar-refractivity contribution in [2.45, 2.75) is 19.1 Å². The Morgan fingerprint density at radius 1 is 1.47 bits per heavy atom. The third-order valence-electron chi connectivity index (χ3n) is 3.16. The maximum Gasteiger partial charge on any atom is 0.308 e. The highest BCUT2D eigenvalue weighted by atomic mass is 127. The summed E-state index contributed by atoms with van der Waals surface area (Å²) in [6, 6.07) is 8.52. The Morgan fingerprint density at radius 2 is 2.21 bits per heavy atom. The van der Waals surface area contributed by atoms with Crippen LogP contribution in [0, 0.1) is 3.57 Å². The standard InChI is InChI=1S/C14H18INO3/c1-18-14(17)8-13-10-16(6-7-19-13)9-11-2-4-12(15)5-3-11/h2-5,13H,6-10H2,1H3. The molecule has 1 fully saturated rings.